The van der Waals surface area contributed by atoms with E-state index in [4.69, 9.17) is 0 Å². The van der Waals surface area contributed by atoms with E-state index in [0.717, 1.165) is 13.1 Å². The van der Waals surface area contributed by atoms with Gasteiger partial charge < -0.3 is 10.2 Å². The smallest absolute Gasteiger partial charge is 0.333 e. The zero-order valence-electron chi connectivity index (χ0n) is 11.9. The SMILES string of the molecule is CCn1nc(C)c([N+](=O)[O-])c1N1CC(C)NC(C)C1. The molecular weight excluding hydrogens is 246 g/mol. The van der Waals surface area contributed by atoms with Gasteiger partial charge in [0.05, 0.1) is 4.92 Å². The number of nitrogens with zero attached hydrogens (tertiary/aromatic N) is 4. The molecule has 2 heterocycles. The van der Waals surface area contributed by atoms with Gasteiger partial charge in [-0.2, -0.15) is 5.10 Å². The second-order valence-electron chi connectivity index (χ2n) is 5.20. The van der Waals surface area contributed by atoms with Gasteiger partial charge in [-0.1, -0.05) is 0 Å². The molecule has 1 aromatic heterocycles. The maximum Gasteiger partial charge on any atom is 0.333 e. The number of hydrogen-bond acceptors (Lipinski definition) is 5. The molecule has 2 rings (SSSR count). The van der Waals surface area contributed by atoms with E-state index < -0.39 is 0 Å². The summed E-state index contributed by atoms with van der Waals surface area (Å²) in [5, 5.41) is 19.0. The van der Waals surface area contributed by atoms with Crippen LogP contribution in [-0.2, 0) is 6.54 Å². The molecule has 1 aliphatic heterocycles. The van der Waals surface area contributed by atoms with E-state index in [9.17, 15) is 10.1 Å². The largest absolute Gasteiger partial charge is 0.348 e. The van der Waals surface area contributed by atoms with Crippen molar-refractivity contribution in [1.82, 2.24) is 15.1 Å². The average Bonchev–Trinajstić information content (AvgIpc) is 2.64. The quantitative estimate of drug-likeness (QED) is 0.660. The van der Waals surface area contributed by atoms with Crippen molar-refractivity contribution in [3.63, 3.8) is 0 Å². The van der Waals surface area contributed by atoms with E-state index in [-0.39, 0.29) is 10.6 Å². The number of anilines is 1. The lowest BCUT2D eigenvalue weighted by atomic mass is 10.1. The maximum absolute atomic E-state index is 11.3. The molecule has 2 unspecified atom stereocenters. The van der Waals surface area contributed by atoms with Crippen LogP contribution in [0.5, 0.6) is 0 Å². The Bertz CT molecular complexity index is 475. The molecular formula is C12H21N5O2. The fourth-order valence-electron chi connectivity index (χ4n) is 2.81. The standard InChI is InChI=1S/C12H21N5O2/c1-5-16-12(11(17(18)19)10(4)14-16)15-6-8(2)13-9(3)7-15/h8-9,13H,5-7H2,1-4H3. The van der Waals surface area contributed by atoms with E-state index in [0.29, 0.717) is 30.1 Å². The van der Waals surface area contributed by atoms with Gasteiger partial charge >= 0.3 is 5.69 Å². The first-order chi connectivity index (χ1) is 8.93. The highest BCUT2D eigenvalue weighted by Crippen LogP contribution is 2.32. The summed E-state index contributed by atoms with van der Waals surface area (Å²) in [4.78, 5) is 13.0. The molecule has 1 N–H and O–H groups in total. The molecule has 1 fully saturated rings. The zero-order valence-corrected chi connectivity index (χ0v) is 11.9. The minimum atomic E-state index is -0.318. The van der Waals surface area contributed by atoms with Crippen molar-refractivity contribution < 1.29 is 4.92 Å². The Morgan fingerprint density at radius 1 is 1.42 bits per heavy atom. The Balaban J connectivity index is 2.44. The first-order valence-corrected chi connectivity index (χ1v) is 6.66. The van der Waals surface area contributed by atoms with E-state index in [2.05, 4.69) is 29.2 Å². The van der Waals surface area contributed by atoms with Crippen LogP contribution in [0, 0.1) is 17.0 Å². The van der Waals surface area contributed by atoms with Gasteiger partial charge in [0.2, 0.25) is 5.82 Å². The third-order valence-corrected chi connectivity index (χ3v) is 3.41. The maximum atomic E-state index is 11.3. The van der Waals surface area contributed by atoms with Crippen molar-refractivity contribution in [1.29, 1.82) is 0 Å². The van der Waals surface area contributed by atoms with Crippen LogP contribution in [0.3, 0.4) is 0 Å². The number of piperazine rings is 1. The Morgan fingerprint density at radius 3 is 2.47 bits per heavy atom. The number of nitrogens with one attached hydrogen (secondary N) is 1. The van der Waals surface area contributed by atoms with Crippen LogP contribution in [0.15, 0.2) is 0 Å². The molecule has 0 bridgehead atoms. The molecule has 1 aromatic rings. The van der Waals surface area contributed by atoms with Gasteiger partial charge in [0.15, 0.2) is 0 Å². The number of hydrogen-bond donors (Lipinski definition) is 1. The van der Waals surface area contributed by atoms with Gasteiger partial charge in [-0.15, -0.1) is 0 Å². The fraction of sp³-hybridized carbons (Fsp3) is 0.750. The van der Waals surface area contributed by atoms with Crippen molar-refractivity contribution in [3.8, 4) is 0 Å². The zero-order chi connectivity index (χ0) is 14.2. The van der Waals surface area contributed by atoms with Crippen molar-refractivity contribution >= 4 is 11.5 Å². The summed E-state index contributed by atoms with van der Waals surface area (Å²) >= 11 is 0. The highest BCUT2D eigenvalue weighted by atomic mass is 16.6. The normalized spacial score (nSPS) is 23.7. The molecule has 0 aliphatic carbocycles. The fourth-order valence-corrected chi connectivity index (χ4v) is 2.81. The molecule has 19 heavy (non-hydrogen) atoms. The van der Waals surface area contributed by atoms with Crippen LogP contribution in [0.2, 0.25) is 0 Å². The lowest BCUT2D eigenvalue weighted by Crippen LogP contribution is -2.54. The van der Waals surface area contributed by atoms with Gasteiger partial charge in [-0.05, 0) is 27.7 Å². The molecule has 106 valence electrons. The average molecular weight is 267 g/mol. The predicted molar refractivity (Wildman–Crippen MR) is 73.6 cm³/mol. The van der Waals surface area contributed by atoms with Gasteiger partial charge in [0, 0.05) is 31.7 Å². The lowest BCUT2D eigenvalue weighted by Gasteiger charge is -2.36. The minimum absolute atomic E-state index is 0.142. The second-order valence-corrected chi connectivity index (χ2v) is 5.20. The molecule has 2 atom stereocenters. The first-order valence-electron chi connectivity index (χ1n) is 6.66. The third kappa shape index (κ3) is 2.56. The molecule has 7 heteroatoms. The van der Waals surface area contributed by atoms with Gasteiger partial charge in [0.1, 0.15) is 5.69 Å². The van der Waals surface area contributed by atoms with Crippen LogP contribution in [0.4, 0.5) is 11.5 Å². The van der Waals surface area contributed by atoms with Crippen molar-refractivity contribution in [3.05, 3.63) is 15.8 Å². The molecule has 1 saturated heterocycles. The van der Waals surface area contributed by atoms with Gasteiger partial charge in [-0.3, -0.25) is 10.1 Å². The second kappa shape index (κ2) is 5.16. The van der Waals surface area contributed by atoms with Gasteiger partial charge in [0.25, 0.3) is 0 Å². The molecule has 0 saturated carbocycles. The van der Waals surface area contributed by atoms with Gasteiger partial charge in [-0.25, -0.2) is 4.68 Å². The van der Waals surface area contributed by atoms with Crippen molar-refractivity contribution in [2.75, 3.05) is 18.0 Å². The Labute approximate surface area is 112 Å². The highest BCUT2D eigenvalue weighted by molar-refractivity contribution is 5.61. The number of nitro groups is 1. The minimum Gasteiger partial charge on any atom is -0.348 e. The van der Waals surface area contributed by atoms with Crippen molar-refractivity contribution in [2.45, 2.75) is 46.3 Å². The summed E-state index contributed by atoms with van der Waals surface area (Å²) in [7, 11) is 0. The van der Waals surface area contributed by atoms with Crippen LogP contribution in [-0.4, -0.2) is 39.9 Å². The van der Waals surface area contributed by atoms with E-state index in [1.165, 1.54) is 0 Å². The van der Waals surface area contributed by atoms with Crippen molar-refractivity contribution in [2.24, 2.45) is 0 Å². The monoisotopic (exact) mass is 267 g/mol. The van der Waals surface area contributed by atoms with Crippen LogP contribution in [0.1, 0.15) is 26.5 Å². The van der Waals surface area contributed by atoms with E-state index in [1.54, 1.807) is 11.6 Å². The highest BCUT2D eigenvalue weighted by Gasteiger charge is 2.32. The van der Waals surface area contributed by atoms with E-state index >= 15 is 0 Å². The van der Waals surface area contributed by atoms with Crippen LogP contribution in [0.25, 0.3) is 0 Å². The first kappa shape index (κ1) is 13.8. The lowest BCUT2D eigenvalue weighted by molar-refractivity contribution is -0.384. The summed E-state index contributed by atoms with van der Waals surface area (Å²) in [5.41, 5.74) is 0.629. The Kier molecular flexibility index (Phi) is 3.75. The molecule has 1 aliphatic rings. The Hall–Kier alpha value is -1.63. The summed E-state index contributed by atoms with van der Waals surface area (Å²) in [6.45, 7) is 9.99. The van der Waals surface area contributed by atoms with E-state index in [1.807, 2.05) is 6.92 Å². The number of rotatable bonds is 3. The number of aromatic nitrogens is 2. The molecule has 0 amide bonds. The predicted octanol–water partition coefficient (Wildman–Crippen LogP) is 1.31. The third-order valence-electron chi connectivity index (χ3n) is 3.41. The topological polar surface area (TPSA) is 76.2 Å². The Morgan fingerprint density at radius 2 is 2.00 bits per heavy atom. The van der Waals surface area contributed by atoms with Crippen LogP contribution < -0.4 is 10.2 Å². The molecule has 7 nitrogen and oxygen atoms in total. The molecule has 0 radical (unpaired) electrons. The summed E-state index contributed by atoms with van der Waals surface area (Å²) < 4.78 is 1.73. The summed E-state index contributed by atoms with van der Waals surface area (Å²) in [6, 6.07) is 0.618. The molecule has 0 aromatic carbocycles. The molecule has 0 spiro atoms. The van der Waals surface area contributed by atoms with Crippen LogP contribution >= 0.6 is 0 Å². The number of aryl methyl sites for hydroxylation is 2. The summed E-state index contributed by atoms with van der Waals surface area (Å²) in [5.74, 6) is 0.644. The summed E-state index contributed by atoms with van der Waals surface area (Å²) in [6.07, 6.45) is 0.